The van der Waals surface area contributed by atoms with Crippen LogP contribution in [0, 0.1) is 0 Å². The number of quaternary nitrogens is 1. The molecule has 0 amide bonds. The van der Waals surface area contributed by atoms with Crippen LogP contribution in [-0.2, 0) is 4.74 Å². The van der Waals surface area contributed by atoms with Crippen molar-refractivity contribution in [2.75, 3.05) is 36.5 Å². The van der Waals surface area contributed by atoms with Crippen LogP contribution in [0.4, 0.5) is 17.1 Å². The number of fused-ring (bicyclic) bond motifs is 2. The van der Waals surface area contributed by atoms with Gasteiger partial charge >= 0.3 is 0 Å². The summed E-state index contributed by atoms with van der Waals surface area (Å²) in [5.74, 6) is 1.31. The molecule has 0 spiro atoms. The third-order valence-electron chi connectivity index (χ3n) is 5.82. The maximum atomic E-state index is 5.44. The van der Waals surface area contributed by atoms with Gasteiger partial charge in [0.25, 0.3) is 11.8 Å². The smallest absolute Gasteiger partial charge is 0.287 e. The predicted molar refractivity (Wildman–Crippen MR) is 126 cm³/mol. The zero-order chi connectivity index (χ0) is 20.7. The van der Waals surface area contributed by atoms with Gasteiger partial charge in [-0.15, -0.1) is 0 Å². The fraction of sp³-hybridized carbons (Fsp3) is 0.174. The molecule has 1 unspecified atom stereocenters. The normalized spacial score (nSPS) is 22.4. The number of benzene rings is 2. The summed E-state index contributed by atoms with van der Waals surface area (Å²) in [6.07, 6.45) is 7.44. The highest BCUT2D eigenvalue weighted by atomic mass is 16.5. The van der Waals surface area contributed by atoms with Crippen molar-refractivity contribution in [3.8, 4) is 0 Å². The molecule has 154 valence electrons. The second-order valence-corrected chi connectivity index (χ2v) is 7.64. The average Bonchev–Trinajstić information content (AvgIpc) is 3.45. The first kappa shape index (κ1) is 18.1. The Kier molecular flexibility index (Phi) is 4.19. The lowest BCUT2D eigenvalue weighted by atomic mass is 10.2. The monoisotopic (exact) mass is 412 g/mol. The SMILES string of the molecule is C1=C[N+]2(c3cccc4[nH]ccc34)N=C(Nc3ccc(N4CCOCC4)cc3)N=C2C=N1. The molecule has 3 aliphatic heterocycles. The van der Waals surface area contributed by atoms with Crippen LogP contribution in [-0.4, -0.2) is 49.3 Å². The summed E-state index contributed by atoms with van der Waals surface area (Å²) in [5.41, 5.74) is 4.23. The molecule has 3 aromatic rings. The van der Waals surface area contributed by atoms with Crippen molar-refractivity contribution in [2.45, 2.75) is 0 Å². The number of aliphatic imine (C=N–C) groups is 2. The first-order valence-electron chi connectivity index (χ1n) is 10.4. The van der Waals surface area contributed by atoms with Gasteiger partial charge in [0, 0.05) is 36.7 Å². The van der Waals surface area contributed by atoms with E-state index in [4.69, 9.17) is 14.8 Å². The zero-order valence-corrected chi connectivity index (χ0v) is 16.9. The van der Waals surface area contributed by atoms with Gasteiger partial charge in [0.2, 0.25) is 0 Å². The largest absolute Gasteiger partial charge is 0.378 e. The molecule has 8 nitrogen and oxygen atoms in total. The summed E-state index contributed by atoms with van der Waals surface area (Å²) in [6.45, 7) is 3.39. The Morgan fingerprint density at radius 3 is 2.77 bits per heavy atom. The minimum Gasteiger partial charge on any atom is -0.378 e. The maximum absolute atomic E-state index is 5.44. The van der Waals surface area contributed by atoms with Gasteiger partial charge in [-0.1, -0.05) is 10.7 Å². The molecule has 0 bridgehead atoms. The molecule has 2 N–H and O–H groups in total. The number of hydrogen-bond donors (Lipinski definition) is 2. The molecule has 1 atom stereocenters. The highest BCUT2D eigenvalue weighted by molar-refractivity contribution is 6.39. The highest BCUT2D eigenvalue weighted by Crippen LogP contribution is 2.36. The number of hydrogen-bond acceptors (Lipinski definition) is 6. The predicted octanol–water partition coefficient (Wildman–Crippen LogP) is 3.66. The van der Waals surface area contributed by atoms with Crippen LogP contribution in [0.2, 0.25) is 0 Å². The summed E-state index contributed by atoms with van der Waals surface area (Å²) in [7, 11) is 0. The van der Waals surface area contributed by atoms with E-state index < -0.39 is 0 Å². The van der Waals surface area contributed by atoms with Gasteiger partial charge in [0.05, 0.1) is 30.3 Å². The van der Waals surface area contributed by atoms with E-state index in [2.05, 4.69) is 62.7 Å². The van der Waals surface area contributed by atoms with Gasteiger partial charge in [0.1, 0.15) is 6.21 Å². The van der Waals surface area contributed by atoms with E-state index in [1.54, 1.807) is 12.4 Å². The lowest BCUT2D eigenvalue weighted by Gasteiger charge is -2.28. The van der Waals surface area contributed by atoms with Crippen molar-refractivity contribution >= 4 is 46.0 Å². The number of H-pyrrole nitrogens is 1. The number of nitrogens with zero attached hydrogens (tertiary/aromatic N) is 5. The maximum Gasteiger partial charge on any atom is 0.287 e. The van der Waals surface area contributed by atoms with E-state index in [1.807, 2.05) is 18.5 Å². The van der Waals surface area contributed by atoms with E-state index in [9.17, 15) is 0 Å². The molecule has 8 heteroatoms. The van der Waals surface area contributed by atoms with Crippen molar-refractivity contribution < 1.29 is 4.74 Å². The summed E-state index contributed by atoms with van der Waals surface area (Å²) >= 11 is 0. The first-order chi connectivity index (χ1) is 15.3. The number of anilines is 2. The molecule has 1 aromatic heterocycles. The quantitative estimate of drug-likeness (QED) is 0.645. The Bertz CT molecular complexity index is 1250. The lowest BCUT2D eigenvalue weighted by Crippen LogP contribution is -2.44. The number of aromatic nitrogens is 1. The summed E-state index contributed by atoms with van der Waals surface area (Å²) < 4.78 is 5.60. The second kappa shape index (κ2) is 7.19. The van der Waals surface area contributed by atoms with E-state index in [-0.39, 0.29) is 4.59 Å². The highest BCUT2D eigenvalue weighted by Gasteiger charge is 2.43. The van der Waals surface area contributed by atoms with Crippen LogP contribution in [0.25, 0.3) is 10.9 Å². The Hall–Kier alpha value is -3.75. The van der Waals surface area contributed by atoms with Crippen LogP contribution in [0.3, 0.4) is 0 Å². The topological polar surface area (TPSA) is 77.4 Å². The van der Waals surface area contributed by atoms with Gasteiger partial charge in [-0.2, -0.15) is 4.99 Å². The molecular weight excluding hydrogens is 390 g/mol. The van der Waals surface area contributed by atoms with Crippen LogP contribution in [0.5, 0.6) is 0 Å². The van der Waals surface area contributed by atoms with E-state index in [0.717, 1.165) is 54.4 Å². The van der Waals surface area contributed by atoms with E-state index in [1.165, 1.54) is 5.69 Å². The molecule has 6 rings (SSSR count). The van der Waals surface area contributed by atoms with Gasteiger partial charge in [-0.3, -0.25) is 4.99 Å². The molecule has 0 saturated carbocycles. The lowest BCUT2D eigenvalue weighted by molar-refractivity contribution is 0.122. The van der Waals surface area contributed by atoms with Crippen molar-refractivity contribution in [1.29, 1.82) is 0 Å². The number of ether oxygens (including phenoxy) is 1. The molecule has 4 heterocycles. The minimum atomic E-state index is 0.160. The molecule has 0 radical (unpaired) electrons. The van der Waals surface area contributed by atoms with Gasteiger partial charge in [0.15, 0.2) is 11.9 Å². The van der Waals surface area contributed by atoms with Gasteiger partial charge < -0.3 is 19.9 Å². The standard InChI is InChI=1S/C23H22N7O/c1-2-20-19(8-9-25-20)21(3-1)30-13-10-24-16-22(30)27-23(28-30)26-17-4-6-18(7-5-17)29-11-14-31-15-12-29/h1-10,13,16,25H,11-12,14-15H2,(H,26,28)/q+1. The average molecular weight is 412 g/mol. The minimum absolute atomic E-state index is 0.160. The van der Waals surface area contributed by atoms with Crippen LogP contribution in [0.1, 0.15) is 0 Å². The van der Waals surface area contributed by atoms with E-state index in [0.29, 0.717) is 5.96 Å². The molecule has 1 saturated heterocycles. The third-order valence-corrected chi connectivity index (χ3v) is 5.82. The number of rotatable bonds is 3. The Morgan fingerprint density at radius 2 is 1.90 bits per heavy atom. The van der Waals surface area contributed by atoms with Crippen molar-refractivity contribution in [1.82, 2.24) is 9.58 Å². The number of guanidine groups is 1. The number of aromatic amines is 1. The molecule has 1 fully saturated rings. The molecule has 2 aromatic carbocycles. The first-order valence-corrected chi connectivity index (χ1v) is 10.4. The van der Waals surface area contributed by atoms with Crippen molar-refractivity contribution in [2.24, 2.45) is 15.1 Å². The Morgan fingerprint density at radius 1 is 1.03 bits per heavy atom. The fourth-order valence-corrected chi connectivity index (χ4v) is 4.26. The zero-order valence-electron chi connectivity index (χ0n) is 16.9. The van der Waals surface area contributed by atoms with Crippen LogP contribution >= 0.6 is 0 Å². The Labute approximate surface area is 179 Å². The molecule has 3 aliphatic rings. The molecular formula is C23H22N7O+. The summed E-state index contributed by atoms with van der Waals surface area (Å²) in [5, 5.41) is 9.44. The summed E-state index contributed by atoms with van der Waals surface area (Å²) in [6, 6.07) is 16.6. The van der Waals surface area contributed by atoms with E-state index >= 15 is 0 Å². The number of nitrogens with one attached hydrogen (secondary N) is 2. The number of amidine groups is 1. The van der Waals surface area contributed by atoms with Crippen molar-refractivity contribution in [3.05, 3.63) is 67.1 Å². The summed E-state index contributed by atoms with van der Waals surface area (Å²) in [4.78, 5) is 14.6. The van der Waals surface area contributed by atoms with Gasteiger partial charge in [-0.25, -0.2) is 0 Å². The molecule has 0 aliphatic carbocycles. The van der Waals surface area contributed by atoms with Gasteiger partial charge in [-0.05, 0) is 41.5 Å². The fourth-order valence-electron chi connectivity index (χ4n) is 4.26. The number of morpholine rings is 1. The Balaban J connectivity index is 1.32. The van der Waals surface area contributed by atoms with Crippen LogP contribution < -0.4 is 14.8 Å². The van der Waals surface area contributed by atoms with Crippen molar-refractivity contribution in [3.63, 3.8) is 0 Å². The second-order valence-electron chi connectivity index (χ2n) is 7.64. The van der Waals surface area contributed by atoms with Crippen LogP contribution in [0.15, 0.2) is 82.2 Å². The third kappa shape index (κ3) is 3.04. The molecule has 31 heavy (non-hydrogen) atoms.